The Morgan fingerprint density at radius 3 is 2.23 bits per heavy atom. The van der Waals surface area contributed by atoms with Crippen molar-refractivity contribution in [2.24, 2.45) is 0 Å². The van der Waals surface area contributed by atoms with Gasteiger partial charge in [0.05, 0.1) is 0 Å². The molecule has 1 nitrogen and oxygen atoms in total. The highest BCUT2D eigenvalue weighted by Gasteiger charge is 2.29. The Balaban J connectivity index is 2.69. The summed E-state index contributed by atoms with van der Waals surface area (Å²) in [6.45, 7) is 0. The summed E-state index contributed by atoms with van der Waals surface area (Å²) in [6.07, 6.45) is -3.16. The standard InChI is InChI=1S/C8H6Br2F2O/c9-5-8(11,12)13-7-3-1-6(10)2-4-7/h1-4H,5H2. The summed E-state index contributed by atoms with van der Waals surface area (Å²) in [7, 11) is 0. The highest BCUT2D eigenvalue weighted by molar-refractivity contribution is 9.10. The molecule has 13 heavy (non-hydrogen) atoms. The van der Waals surface area contributed by atoms with Crippen LogP contribution in [-0.4, -0.2) is 11.4 Å². The summed E-state index contributed by atoms with van der Waals surface area (Å²) in [4.78, 5) is 0. The van der Waals surface area contributed by atoms with Gasteiger partial charge in [-0.1, -0.05) is 31.9 Å². The molecule has 0 aromatic heterocycles. The molecule has 1 aromatic rings. The fourth-order valence-electron chi connectivity index (χ4n) is 0.702. The number of alkyl halides is 3. The van der Waals surface area contributed by atoms with Crippen molar-refractivity contribution < 1.29 is 13.5 Å². The maximum atomic E-state index is 12.7. The smallest absolute Gasteiger partial charge is 0.407 e. The Morgan fingerprint density at radius 2 is 1.77 bits per heavy atom. The zero-order valence-corrected chi connectivity index (χ0v) is 9.61. The van der Waals surface area contributed by atoms with Gasteiger partial charge in [0.25, 0.3) is 0 Å². The Labute approximate surface area is 91.3 Å². The molecule has 0 aliphatic rings. The summed E-state index contributed by atoms with van der Waals surface area (Å²) < 4.78 is 30.5. The van der Waals surface area contributed by atoms with E-state index >= 15 is 0 Å². The van der Waals surface area contributed by atoms with Gasteiger partial charge in [0, 0.05) is 4.47 Å². The van der Waals surface area contributed by atoms with E-state index in [9.17, 15) is 8.78 Å². The van der Waals surface area contributed by atoms with Gasteiger partial charge in [-0.2, -0.15) is 8.78 Å². The number of benzene rings is 1. The van der Waals surface area contributed by atoms with Gasteiger partial charge in [0.15, 0.2) is 0 Å². The predicted molar refractivity (Wildman–Crippen MR) is 53.5 cm³/mol. The van der Waals surface area contributed by atoms with Crippen molar-refractivity contribution >= 4 is 31.9 Å². The van der Waals surface area contributed by atoms with Gasteiger partial charge >= 0.3 is 6.11 Å². The Morgan fingerprint density at radius 1 is 1.23 bits per heavy atom. The summed E-state index contributed by atoms with van der Waals surface area (Å²) in [5.41, 5.74) is 0. The zero-order chi connectivity index (χ0) is 9.90. The van der Waals surface area contributed by atoms with Crippen molar-refractivity contribution in [3.8, 4) is 5.75 Å². The first-order valence-corrected chi connectivity index (χ1v) is 5.33. The van der Waals surface area contributed by atoms with Gasteiger partial charge < -0.3 is 4.74 Å². The lowest BCUT2D eigenvalue weighted by Gasteiger charge is -2.14. The lowest BCUT2D eigenvalue weighted by Crippen LogP contribution is -2.26. The van der Waals surface area contributed by atoms with Gasteiger partial charge in [-0.25, -0.2) is 0 Å². The maximum absolute atomic E-state index is 12.7. The summed E-state index contributed by atoms with van der Waals surface area (Å²) in [5.74, 6) is 0.146. The van der Waals surface area contributed by atoms with E-state index < -0.39 is 11.4 Å². The lowest BCUT2D eigenvalue weighted by atomic mass is 10.3. The molecule has 0 fully saturated rings. The third-order valence-electron chi connectivity index (χ3n) is 1.24. The van der Waals surface area contributed by atoms with E-state index in [1.54, 1.807) is 12.1 Å². The van der Waals surface area contributed by atoms with Crippen molar-refractivity contribution in [1.82, 2.24) is 0 Å². The third kappa shape index (κ3) is 3.60. The maximum Gasteiger partial charge on any atom is 0.407 e. The molecule has 0 bridgehead atoms. The molecule has 0 unspecified atom stereocenters. The second-order valence-electron chi connectivity index (χ2n) is 2.33. The van der Waals surface area contributed by atoms with Crippen LogP contribution in [0, 0.1) is 0 Å². The minimum absolute atomic E-state index is 0.146. The number of hydrogen-bond donors (Lipinski definition) is 0. The molecule has 0 heterocycles. The van der Waals surface area contributed by atoms with Gasteiger partial charge in [-0.15, -0.1) is 0 Å². The number of ether oxygens (including phenoxy) is 1. The van der Waals surface area contributed by atoms with E-state index in [-0.39, 0.29) is 5.75 Å². The molecule has 0 N–H and O–H groups in total. The van der Waals surface area contributed by atoms with Crippen LogP contribution in [-0.2, 0) is 0 Å². The van der Waals surface area contributed by atoms with Gasteiger partial charge in [0.2, 0.25) is 0 Å². The van der Waals surface area contributed by atoms with Crippen molar-refractivity contribution in [2.45, 2.75) is 6.11 Å². The lowest BCUT2D eigenvalue weighted by molar-refractivity contribution is -0.153. The first kappa shape index (κ1) is 10.9. The quantitative estimate of drug-likeness (QED) is 0.771. The Hall–Kier alpha value is -0.160. The number of halogens is 4. The number of hydrogen-bond acceptors (Lipinski definition) is 1. The average Bonchev–Trinajstić information content (AvgIpc) is 2.09. The van der Waals surface area contributed by atoms with Crippen LogP contribution in [0.2, 0.25) is 0 Å². The molecule has 5 heteroatoms. The van der Waals surface area contributed by atoms with Crippen molar-refractivity contribution in [2.75, 3.05) is 5.33 Å². The van der Waals surface area contributed by atoms with Crippen LogP contribution in [0.5, 0.6) is 5.75 Å². The zero-order valence-electron chi connectivity index (χ0n) is 6.44. The molecule has 0 saturated heterocycles. The Bertz CT molecular complexity index is 274. The van der Waals surface area contributed by atoms with Crippen LogP contribution in [0.3, 0.4) is 0 Å². The van der Waals surface area contributed by atoms with Gasteiger partial charge in [0.1, 0.15) is 11.1 Å². The topological polar surface area (TPSA) is 9.23 Å². The molecule has 1 aromatic carbocycles. The van der Waals surface area contributed by atoms with E-state index in [4.69, 9.17) is 0 Å². The van der Waals surface area contributed by atoms with Crippen LogP contribution >= 0.6 is 31.9 Å². The second kappa shape index (κ2) is 4.37. The molecule has 0 radical (unpaired) electrons. The summed E-state index contributed by atoms with van der Waals surface area (Å²) in [5, 5.41) is -0.518. The third-order valence-corrected chi connectivity index (χ3v) is 2.42. The minimum atomic E-state index is -3.16. The highest BCUT2D eigenvalue weighted by atomic mass is 79.9. The fourth-order valence-corrected chi connectivity index (χ4v) is 1.08. The van der Waals surface area contributed by atoms with E-state index in [1.807, 2.05) is 0 Å². The van der Waals surface area contributed by atoms with Gasteiger partial charge in [-0.05, 0) is 24.3 Å². The predicted octanol–water partition coefficient (Wildman–Crippen LogP) is 3.82. The second-order valence-corrected chi connectivity index (χ2v) is 3.80. The molecule has 0 aliphatic heterocycles. The van der Waals surface area contributed by atoms with Crippen molar-refractivity contribution in [3.63, 3.8) is 0 Å². The Kier molecular flexibility index (Phi) is 3.67. The van der Waals surface area contributed by atoms with E-state index in [2.05, 4.69) is 36.6 Å². The van der Waals surface area contributed by atoms with E-state index in [0.29, 0.717) is 0 Å². The molecular weight excluding hydrogens is 310 g/mol. The molecule has 0 atom stereocenters. The van der Waals surface area contributed by atoms with E-state index in [0.717, 1.165) is 4.47 Å². The van der Waals surface area contributed by atoms with Crippen LogP contribution in [0.25, 0.3) is 0 Å². The van der Waals surface area contributed by atoms with Crippen LogP contribution < -0.4 is 4.74 Å². The van der Waals surface area contributed by atoms with Crippen LogP contribution in [0.4, 0.5) is 8.78 Å². The van der Waals surface area contributed by atoms with Crippen LogP contribution in [0.15, 0.2) is 28.7 Å². The van der Waals surface area contributed by atoms with Gasteiger partial charge in [-0.3, -0.25) is 0 Å². The van der Waals surface area contributed by atoms with Crippen molar-refractivity contribution in [1.29, 1.82) is 0 Å². The van der Waals surface area contributed by atoms with Crippen molar-refractivity contribution in [3.05, 3.63) is 28.7 Å². The largest absolute Gasteiger partial charge is 0.432 e. The van der Waals surface area contributed by atoms with E-state index in [1.165, 1.54) is 12.1 Å². The summed E-state index contributed by atoms with van der Waals surface area (Å²) in [6, 6.07) is 6.22. The first-order chi connectivity index (χ1) is 6.03. The monoisotopic (exact) mass is 314 g/mol. The molecule has 0 saturated carbocycles. The summed E-state index contributed by atoms with van der Waals surface area (Å²) >= 11 is 5.85. The average molecular weight is 316 g/mol. The minimum Gasteiger partial charge on any atom is -0.432 e. The normalized spacial score (nSPS) is 11.4. The molecule has 72 valence electrons. The van der Waals surface area contributed by atoms with Crippen LogP contribution in [0.1, 0.15) is 0 Å². The molecule has 0 spiro atoms. The first-order valence-electron chi connectivity index (χ1n) is 3.42. The molecule has 1 rings (SSSR count). The fraction of sp³-hybridized carbons (Fsp3) is 0.250. The molecule has 0 amide bonds. The SMILES string of the molecule is FC(F)(CBr)Oc1ccc(Br)cc1. The number of rotatable bonds is 3. The highest BCUT2D eigenvalue weighted by Crippen LogP contribution is 2.24. The molecule has 0 aliphatic carbocycles. The molecular formula is C8H6Br2F2O.